The summed E-state index contributed by atoms with van der Waals surface area (Å²) >= 11 is 0. The number of hydrogen-bond acceptors (Lipinski definition) is 16. The van der Waals surface area contributed by atoms with Gasteiger partial charge in [-0.1, -0.05) is 52.4 Å². The van der Waals surface area contributed by atoms with Crippen molar-refractivity contribution in [3.05, 3.63) is 95.1 Å². The molecule has 10 aliphatic rings. The van der Waals surface area contributed by atoms with Crippen molar-refractivity contribution in [1.82, 2.24) is 10.1 Å². The first-order chi connectivity index (χ1) is 34.2. The van der Waals surface area contributed by atoms with Crippen molar-refractivity contribution in [1.29, 1.82) is 0 Å². The lowest BCUT2D eigenvalue weighted by molar-refractivity contribution is -0.202. The predicted octanol–water partition coefficient (Wildman–Crippen LogP) is 6.38. The number of hydroxylamine groups is 4. The summed E-state index contributed by atoms with van der Waals surface area (Å²) in [7, 11) is -12.6. The fourth-order valence-electron chi connectivity index (χ4n) is 12.6. The molecule has 8 bridgehead atoms. The van der Waals surface area contributed by atoms with Gasteiger partial charge in [0.2, 0.25) is 0 Å². The second-order valence-electron chi connectivity index (χ2n) is 19.9. The molecule has 25 heteroatoms. The molecule has 14 rings (SSSR count). The highest BCUT2D eigenvalue weighted by Gasteiger charge is 2.64. The van der Waals surface area contributed by atoms with E-state index in [1.165, 1.54) is 24.3 Å². The zero-order valence-corrected chi connectivity index (χ0v) is 39.3. The van der Waals surface area contributed by atoms with E-state index in [1.807, 2.05) is 12.1 Å². The summed E-state index contributed by atoms with van der Waals surface area (Å²) in [4.78, 5) is 97.2. The molecule has 4 aromatic rings. The van der Waals surface area contributed by atoms with Crippen LogP contribution in [0.25, 0.3) is 21.5 Å². The Morgan fingerprint density at radius 3 is 1.21 bits per heavy atom. The first kappa shape index (κ1) is 50.0. The van der Waals surface area contributed by atoms with Gasteiger partial charge in [-0.25, -0.2) is 9.59 Å². The maximum atomic E-state index is 15.0. The zero-order chi connectivity index (χ0) is 52.5. The largest absolute Gasteiger partial charge is 0.470 e. The minimum Gasteiger partial charge on any atom is -0.454 e. The number of nitrogens with zero attached hydrogens (tertiary/aromatic N) is 2. The lowest BCUT2D eigenvalue weighted by Gasteiger charge is -2.54. The van der Waals surface area contributed by atoms with Crippen LogP contribution in [0.2, 0.25) is 0 Å². The van der Waals surface area contributed by atoms with E-state index in [2.05, 4.69) is 4.28 Å². The second-order valence-corrected chi connectivity index (χ2v) is 22.8. The van der Waals surface area contributed by atoms with E-state index in [0.29, 0.717) is 54.0 Å². The normalized spacial score (nSPS) is 28.7. The van der Waals surface area contributed by atoms with Crippen molar-refractivity contribution >= 4 is 89.0 Å². The van der Waals surface area contributed by atoms with Gasteiger partial charge in [-0.05, 0) is 111 Å². The Kier molecular flexibility index (Phi) is 11.6. The Labute approximate surface area is 409 Å². The van der Waals surface area contributed by atoms with Gasteiger partial charge in [0.25, 0.3) is 23.6 Å². The standard InChI is InChI=1S/C24H19F2NO8S.C12H13F3O5S.C12H7NO3/c25-24(26,22(31)34-23-9-12-7-14(10-23)19(28)15(8-12)11-23)36(32,33)35-27-20(29)16-5-1-3-13-4-2-6-17(18(13)16)21(27)30;13-12(14,21(15,18)19)10(17)20-11-3-6-1-7(4-11)9(16)8(2-6)5-11;14-11-8-5-1-3-7-4-2-6-9(10(7)8)12(15)13(11)16/h1-6,12,14-15H,7-11H2;6-8H,1-5H2;1-6,16H. The molecular formula is C48H39F5N2O16S2. The van der Waals surface area contributed by atoms with Gasteiger partial charge in [0.05, 0.1) is 22.3 Å². The van der Waals surface area contributed by atoms with Crippen molar-refractivity contribution in [3.8, 4) is 0 Å². The highest BCUT2D eigenvalue weighted by Crippen LogP contribution is 2.57. The summed E-state index contributed by atoms with van der Waals surface area (Å²) < 4.78 is 129. The van der Waals surface area contributed by atoms with Crippen LogP contribution < -0.4 is 0 Å². The second kappa shape index (κ2) is 17.0. The summed E-state index contributed by atoms with van der Waals surface area (Å²) in [5.74, 6) is -9.90. The van der Waals surface area contributed by atoms with Crippen molar-refractivity contribution in [2.24, 2.45) is 35.5 Å². The maximum absolute atomic E-state index is 15.0. The summed E-state index contributed by atoms with van der Waals surface area (Å²) in [6.07, 6.45) is 3.43. The van der Waals surface area contributed by atoms with Crippen molar-refractivity contribution in [3.63, 3.8) is 0 Å². The average molecular weight is 1060 g/mol. The third-order valence-corrected chi connectivity index (χ3v) is 17.2. The number of Topliss-reactive ketones (excluding diaryl/α,β-unsaturated/α-hetero) is 2. The quantitative estimate of drug-likeness (QED) is 0.0660. The van der Waals surface area contributed by atoms with Gasteiger partial charge in [-0.3, -0.25) is 34.0 Å². The molecule has 8 aliphatic carbocycles. The molecule has 8 fully saturated rings. The SMILES string of the molecule is O=C1C2CC3CC1CC(OC(=O)C(F)(F)S(=O)(=O)F)(C3)C2.O=C1C2CC3CC1CC(OC(=O)C(F)(F)S(=O)(=O)ON1C(=O)c4cccc5cccc(c45)C1=O)(C3)C2.O=C1c2cccc3cccc(c23)C(=O)N1O. The van der Waals surface area contributed by atoms with Crippen LogP contribution in [0, 0.1) is 35.5 Å². The first-order valence-corrected chi connectivity index (χ1v) is 25.6. The van der Waals surface area contributed by atoms with Crippen LogP contribution in [0.15, 0.2) is 72.8 Å². The summed E-state index contributed by atoms with van der Waals surface area (Å²) in [5, 5.41) is 1.02. The van der Waals surface area contributed by atoms with Crippen LogP contribution in [0.1, 0.15) is 106 Å². The lowest BCUT2D eigenvalue weighted by atomic mass is 9.53. The van der Waals surface area contributed by atoms with E-state index in [9.17, 15) is 81.8 Å². The van der Waals surface area contributed by atoms with Crippen LogP contribution in [0.4, 0.5) is 21.4 Å². The van der Waals surface area contributed by atoms with E-state index in [4.69, 9.17) is 9.47 Å². The van der Waals surface area contributed by atoms with Gasteiger partial charge >= 0.3 is 42.8 Å². The zero-order valence-electron chi connectivity index (χ0n) is 37.6. The molecule has 2 heterocycles. The Hall–Kier alpha value is -6.57. The Morgan fingerprint density at radius 1 is 0.534 bits per heavy atom. The third kappa shape index (κ3) is 8.09. The molecule has 4 atom stereocenters. The number of halogens is 5. The Balaban J connectivity index is 0.000000139. The van der Waals surface area contributed by atoms with E-state index < -0.39 is 89.5 Å². The van der Waals surface area contributed by atoms with E-state index >= 15 is 0 Å². The molecule has 384 valence electrons. The Morgan fingerprint density at radius 2 is 0.863 bits per heavy atom. The minimum absolute atomic E-state index is 0.0257. The Bertz CT molecular complexity index is 3270. The minimum atomic E-state index is -6.37. The predicted molar refractivity (Wildman–Crippen MR) is 235 cm³/mol. The summed E-state index contributed by atoms with van der Waals surface area (Å²) in [6.45, 7) is 0. The summed E-state index contributed by atoms with van der Waals surface area (Å²) in [5.41, 5.74) is -2.14. The molecule has 0 spiro atoms. The number of benzene rings is 4. The number of amides is 4. The number of imide groups is 2. The number of rotatable bonds is 8. The molecule has 4 unspecified atom stereocenters. The molecule has 4 amide bonds. The van der Waals surface area contributed by atoms with Gasteiger partial charge in [0, 0.05) is 34.4 Å². The number of ether oxygens (including phenoxy) is 2. The monoisotopic (exact) mass is 1060 g/mol. The molecule has 0 aromatic heterocycles. The van der Waals surface area contributed by atoms with E-state index in [1.54, 1.807) is 36.4 Å². The van der Waals surface area contributed by atoms with Gasteiger partial charge in [0.15, 0.2) is 0 Å². The third-order valence-electron chi connectivity index (χ3n) is 15.2. The van der Waals surface area contributed by atoms with Crippen LogP contribution >= 0.6 is 0 Å². The molecule has 73 heavy (non-hydrogen) atoms. The van der Waals surface area contributed by atoms with Gasteiger partial charge in [0.1, 0.15) is 22.8 Å². The molecule has 0 radical (unpaired) electrons. The smallest absolute Gasteiger partial charge is 0.454 e. The lowest BCUT2D eigenvalue weighted by Crippen LogP contribution is -2.58. The number of esters is 2. The van der Waals surface area contributed by atoms with Crippen LogP contribution in [-0.2, 0) is 53.3 Å². The summed E-state index contributed by atoms with van der Waals surface area (Å²) in [6, 6.07) is 19.1. The molecule has 18 nitrogen and oxygen atoms in total. The van der Waals surface area contributed by atoms with E-state index in [-0.39, 0.29) is 94.0 Å². The molecule has 0 saturated heterocycles. The number of carbonyl (C=O) groups is 8. The van der Waals surface area contributed by atoms with Gasteiger partial charge < -0.3 is 9.47 Å². The van der Waals surface area contributed by atoms with Gasteiger partial charge in [-0.2, -0.15) is 34.4 Å². The molecular weight excluding hydrogens is 1020 g/mol. The van der Waals surface area contributed by atoms with Crippen LogP contribution in [-0.4, -0.2) is 101 Å². The fourth-order valence-corrected chi connectivity index (χ4v) is 13.5. The fraction of sp³-hybridized carbons (Fsp3) is 0.417. The molecule has 1 N–H and O–H groups in total. The van der Waals surface area contributed by atoms with Crippen molar-refractivity contribution in [2.45, 2.75) is 85.9 Å². The maximum Gasteiger partial charge on any atom is 0.470 e. The molecule has 4 aromatic carbocycles. The van der Waals surface area contributed by atoms with Gasteiger partial charge in [-0.15, -0.1) is 14.4 Å². The van der Waals surface area contributed by atoms with Crippen molar-refractivity contribution < 1.29 is 95.6 Å². The number of carbonyl (C=O) groups excluding carboxylic acids is 8. The molecule has 2 aliphatic heterocycles. The highest BCUT2D eigenvalue weighted by molar-refractivity contribution is 7.88. The average Bonchev–Trinajstić information content (AvgIpc) is 3.33. The number of ketones is 2. The van der Waals surface area contributed by atoms with Crippen LogP contribution in [0.5, 0.6) is 0 Å². The van der Waals surface area contributed by atoms with Crippen molar-refractivity contribution in [2.75, 3.05) is 0 Å². The van der Waals surface area contributed by atoms with E-state index in [0.717, 1.165) is 5.39 Å². The topological polar surface area (TPSA) is 259 Å². The molecule has 8 saturated carbocycles. The van der Waals surface area contributed by atoms with Crippen LogP contribution in [0.3, 0.4) is 0 Å². The number of alkyl halides is 4. The number of hydrogen-bond donors (Lipinski definition) is 1. The first-order valence-electron chi connectivity index (χ1n) is 22.8. The highest BCUT2D eigenvalue weighted by atomic mass is 32.3.